The molecular formula is C23H18N2O2S. The van der Waals surface area contributed by atoms with Crippen molar-refractivity contribution >= 4 is 35.3 Å². The molecule has 0 saturated carbocycles. The zero-order chi connectivity index (χ0) is 19.3. The van der Waals surface area contributed by atoms with Gasteiger partial charge in [0.1, 0.15) is 0 Å². The standard InChI is InChI=1S/C23H18N2O2S/c26-22(24-15-17-9-5-2-6-10-17)18-11-12-20-19(14-18)25-23(27)21(28-20)13-16-7-3-1-4-8-16/h1-14H,15H2,(H,24,26)(H,25,27). The molecule has 0 aliphatic carbocycles. The van der Waals surface area contributed by atoms with Gasteiger partial charge in [-0.05, 0) is 35.4 Å². The molecule has 1 aliphatic rings. The second kappa shape index (κ2) is 8.15. The number of hydrogen-bond donors (Lipinski definition) is 2. The first kappa shape index (κ1) is 18.1. The molecule has 0 saturated heterocycles. The Morgan fingerprint density at radius 2 is 1.68 bits per heavy atom. The average molecular weight is 386 g/mol. The molecule has 0 unspecified atom stereocenters. The van der Waals surface area contributed by atoms with E-state index in [-0.39, 0.29) is 11.8 Å². The van der Waals surface area contributed by atoms with Gasteiger partial charge in [-0.25, -0.2) is 0 Å². The predicted octanol–water partition coefficient (Wildman–Crippen LogP) is 4.70. The molecule has 4 nitrogen and oxygen atoms in total. The van der Waals surface area contributed by atoms with Gasteiger partial charge in [0.05, 0.1) is 10.6 Å². The lowest BCUT2D eigenvalue weighted by atomic mass is 10.1. The van der Waals surface area contributed by atoms with Crippen LogP contribution in [0.4, 0.5) is 5.69 Å². The fourth-order valence-corrected chi connectivity index (χ4v) is 3.81. The molecule has 5 heteroatoms. The molecule has 0 fully saturated rings. The second-order valence-electron chi connectivity index (χ2n) is 6.35. The number of carbonyl (C=O) groups is 2. The summed E-state index contributed by atoms with van der Waals surface area (Å²) < 4.78 is 0. The van der Waals surface area contributed by atoms with Gasteiger partial charge in [0.15, 0.2) is 0 Å². The van der Waals surface area contributed by atoms with E-state index in [4.69, 9.17) is 0 Å². The number of fused-ring (bicyclic) bond motifs is 1. The molecule has 0 bridgehead atoms. The van der Waals surface area contributed by atoms with E-state index in [0.717, 1.165) is 16.0 Å². The quantitative estimate of drug-likeness (QED) is 0.639. The number of thioether (sulfide) groups is 1. The Hall–Kier alpha value is -3.31. The normalized spacial score (nSPS) is 14.3. The first-order chi connectivity index (χ1) is 13.7. The molecule has 138 valence electrons. The number of amides is 2. The molecule has 0 aromatic heterocycles. The Kier molecular flexibility index (Phi) is 5.26. The van der Waals surface area contributed by atoms with Gasteiger partial charge in [-0.1, -0.05) is 72.4 Å². The van der Waals surface area contributed by atoms with Crippen molar-refractivity contribution in [2.24, 2.45) is 0 Å². The summed E-state index contributed by atoms with van der Waals surface area (Å²) in [7, 11) is 0. The zero-order valence-corrected chi connectivity index (χ0v) is 15.8. The minimum absolute atomic E-state index is 0.164. The smallest absolute Gasteiger partial charge is 0.262 e. The predicted molar refractivity (Wildman–Crippen MR) is 113 cm³/mol. The molecule has 4 rings (SSSR count). The number of benzene rings is 3. The molecular weight excluding hydrogens is 368 g/mol. The molecule has 3 aromatic carbocycles. The van der Waals surface area contributed by atoms with Crippen molar-refractivity contribution in [3.05, 3.63) is 100 Å². The number of rotatable bonds is 4. The van der Waals surface area contributed by atoms with Crippen molar-refractivity contribution in [2.45, 2.75) is 11.4 Å². The second-order valence-corrected chi connectivity index (χ2v) is 7.44. The monoisotopic (exact) mass is 386 g/mol. The molecule has 3 aromatic rings. The van der Waals surface area contributed by atoms with Crippen molar-refractivity contribution in [1.82, 2.24) is 5.32 Å². The molecule has 0 radical (unpaired) electrons. The third-order valence-electron chi connectivity index (χ3n) is 4.33. The van der Waals surface area contributed by atoms with Crippen LogP contribution >= 0.6 is 11.8 Å². The van der Waals surface area contributed by atoms with Crippen molar-refractivity contribution in [3.8, 4) is 0 Å². The van der Waals surface area contributed by atoms with E-state index in [1.165, 1.54) is 11.8 Å². The number of anilines is 1. The minimum Gasteiger partial charge on any atom is -0.348 e. The topological polar surface area (TPSA) is 58.2 Å². The molecule has 0 atom stereocenters. The third kappa shape index (κ3) is 4.15. The first-order valence-corrected chi connectivity index (χ1v) is 9.73. The summed E-state index contributed by atoms with van der Waals surface area (Å²) in [5.41, 5.74) is 3.19. The Morgan fingerprint density at radius 1 is 0.964 bits per heavy atom. The van der Waals surface area contributed by atoms with Gasteiger partial charge in [0.2, 0.25) is 0 Å². The summed E-state index contributed by atoms with van der Waals surface area (Å²) in [4.78, 5) is 26.4. The Balaban J connectivity index is 1.49. The summed E-state index contributed by atoms with van der Waals surface area (Å²) in [6, 6.07) is 24.8. The maximum absolute atomic E-state index is 12.5. The van der Waals surface area contributed by atoms with E-state index in [0.29, 0.717) is 22.7 Å². The minimum atomic E-state index is -0.170. The van der Waals surface area contributed by atoms with Crippen molar-refractivity contribution in [3.63, 3.8) is 0 Å². The lowest BCUT2D eigenvalue weighted by Gasteiger charge is -2.19. The summed E-state index contributed by atoms with van der Waals surface area (Å²) in [6.07, 6.45) is 1.86. The third-order valence-corrected chi connectivity index (χ3v) is 5.43. The van der Waals surface area contributed by atoms with Gasteiger partial charge in [-0.2, -0.15) is 0 Å². The summed E-state index contributed by atoms with van der Waals surface area (Å²) in [5, 5.41) is 5.80. The van der Waals surface area contributed by atoms with E-state index in [1.54, 1.807) is 12.1 Å². The van der Waals surface area contributed by atoms with Crippen LogP contribution in [0.25, 0.3) is 6.08 Å². The number of hydrogen-bond acceptors (Lipinski definition) is 3. The Morgan fingerprint density at radius 3 is 2.43 bits per heavy atom. The van der Waals surface area contributed by atoms with Gasteiger partial charge in [0, 0.05) is 17.0 Å². The maximum atomic E-state index is 12.5. The van der Waals surface area contributed by atoms with Crippen LogP contribution in [-0.4, -0.2) is 11.8 Å². The van der Waals surface area contributed by atoms with Crippen LogP contribution in [0.2, 0.25) is 0 Å². The van der Waals surface area contributed by atoms with Crippen LogP contribution in [0.5, 0.6) is 0 Å². The average Bonchev–Trinajstić information content (AvgIpc) is 2.74. The highest BCUT2D eigenvalue weighted by Crippen LogP contribution is 2.39. The van der Waals surface area contributed by atoms with E-state index >= 15 is 0 Å². The fraction of sp³-hybridized carbons (Fsp3) is 0.0435. The van der Waals surface area contributed by atoms with Crippen LogP contribution in [0.1, 0.15) is 21.5 Å². The molecule has 1 heterocycles. The van der Waals surface area contributed by atoms with E-state index in [2.05, 4.69) is 10.6 Å². The van der Waals surface area contributed by atoms with Crippen LogP contribution < -0.4 is 10.6 Å². The maximum Gasteiger partial charge on any atom is 0.262 e. The van der Waals surface area contributed by atoms with Gasteiger partial charge in [-0.15, -0.1) is 0 Å². The van der Waals surface area contributed by atoms with Crippen LogP contribution in [0.15, 0.2) is 88.7 Å². The van der Waals surface area contributed by atoms with E-state index in [9.17, 15) is 9.59 Å². The summed E-state index contributed by atoms with van der Waals surface area (Å²) >= 11 is 1.41. The van der Waals surface area contributed by atoms with Crippen LogP contribution in [-0.2, 0) is 11.3 Å². The van der Waals surface area contributed by atoms with Crippen molar-refractivity contribution in [2.75, 3.05) is 5.32 Å². The van der Waals surface area contributed by atoms with Crippen molar-refractivity contribution in [1.29, 1.82) is 0 Å². The summed E-state index contributed by atoms with van der Waals surface area (Å²) in [6.45, 7) is 0.460. The van der Waals surface area contributed by atoms with Gasteiger partial charge < -0.3 is 10.6 Å². The highest BCUT2D eigenvalue weighted by molar-refractivity contribution is 8.04. The lowest BCUT2D eigenvalue weighted by Crippen LogP contribution is -2.23. The fourth-order valence-electron chi connectivity index (χ4n) is 2.88. The number of carbonyl (C=O) groups excluding carboxylic acids is 2. The molecule has 1 aliphatic heterocycles. The van der Waals surface area contributed by atoms with Crippen LogP contribution in [0.3, 0.4) is 0 Å². The van der Waals surface area contributed by atoms with E-state index in [1.807, 2.05) is 72.8 Å². The zero-order valence-electron chi connectivity index (χ0n) is 15.0. The van der Waals surface area contributed by atoms with Gasteiger partial charge >= 0.3 is 0 Å². The molecule has 2 N–H and O–H groups in total. The number of nitrogens with one attached hydrogen (secondary N) is 2. The Labute approximate surface area is 167 Å². The molecule has 0 spiro atoms. The lowest BCUT2D eigenvalue weighted by molar-refractivity contribution is -0.112. The Bertz CT molecular complexity index is 1050. The SMILES string of the molecule is O=C1Nc2cc(C(=O)NCc3ccccc3)ccc2SC1=Cc1ccccc1. The summed E-state index contributed by atoms with van der Waals surface area (Å²) in [5.74, 6) is -0.334. The first-order valence-electron chi connectivity index (χ1n) is 8.91. The van der Waals surface area contributed by atoms with Crippen LogP contribution in [0, 0.1) is 0 Å². The highest BCUT2D eigenvalue weighted by Gasteiger charge is 2.22. The van der Waals surface area contributed by atoms with Crippen molar-refractivity contribution < 1.29 is 9.59 Å². The molecule has 2 amide bonds. The van der Waals surface area contributed by atoms with Gasteiger partial charge in [-0.3, -0.25) is 9.59 Å². The highest BCUT2D eigenvalue weighted by atomic mass is 32.2. The van der Waals surface area contributed by atoms with Gasteiger partial charge in [0.25, 0.3) is 11.8 Å². The largest absolute Gasteiger partial charge is 0.348 e. The molecule has 28 heavy (non-hydrogen) atoms. The van der Waals surface area contributed by atoms with E-state index < -0.39 is 0 Å².